The molecule has 2 rings (SSSR count). The van der Waals surface area contributed by atoms with Gasteiger partial charge in [-0.05, 0) is 41.5 Å². The molecule has 1 heterocycles. The molecule has 0 aliphatic rings. The van der Waals surface area contributed by atoms with Crippen molar-refractivity contribution in [1.82, 2.24) is 4.98 Å². The van der Waals surface area contributed by atoms with E-state index in [1.165, 1.54) is 11.1 Å². The molecular weight excluding hydrogens is 232 g/mol. The number of nitrogens with two attached hydrogens (primary N) is 1. The van der Waals surface area contributed by atoms with Crippen LogP contribution in [-0.4, -0.2) is 4.98 Å². The zero-order chi connectivity index (χ0) is 14.4. The first-order valence-corrected chi connectivity index (χ1v) is 6.92. The van der Waals surface area contributed by atoms with Crippen LogP contribution >= 0.6 is 0 Å². The fourth-order valence-corrected chi connectivity index (χ4v) is 2.63. The number of nitrogens with zero attached hydrogens (tertiary/aromatic N) is 1. The summed E-state index contributed by atoms with van der Waals surface area (Å²) in [6.45, 7) is 13.0. The van der Waals surface area contributed by atoms with Gasteiger partial charge >= 0.3 is 0 Å². The highest BCUT2D eigenvalue weighted by atomic mass is 14.7. The maximum absolute atomic E-state index is 6.39. The fourth-order valence-electron chi connectivity index (χ4n) is 2.63. The summed E-state index contributed by atoms with van der Waals surface area (Å²) in [4.78, 5) is 4.70. The van der Waals surface area contributed by atoms with Crippen molar-refractivity contribution in [2.45, 2.75) is 52.9 Å². The van der Waals surface area contributed by atoms with E-state index in [2.05, 4.69) is 52.8 Å². The minimum atomic E-state index is 0.128. The summed E-state index contributed by atoms with van der Waals surface area (Å²) in [5.41, 5.74) is 11.9. The van der Waals surface area contributed by atoms with E-state index in [1.54, 1.807) is 0 Å². The molecule has 0 saturated carbocycles. The van der Waals surface area contributed by atoms with E-state index in [9.17, 15) is 0 Å². The lowest BCUT2D eigenvalue weighted by molar-refractivity contribution is 0.591. The number of hydrogen-bond donors (Lipinski definition) is 1. The van der Waals surface area contributed by atoms with E-state index >= 15 is 0 Å². The molecule has 0 aliphatic carbocycles. The highest BCUT2D eigenvalue weighted by molar-refractivity contribution is 5.93. The van der Waals surface area contributed by atoms with Gasteiger partial charge in [0.2, 0.25) is 0 Å². The molecule has 2 aromatic rings. The molecule has 0 radical (unpaired) electrons. The summed E-state index contributed by atoms with van der Waals surface area (Å²) in [5.74, 6) is 0.398. The highest BCUT2D eigenvalue weighted by Gasteiger charge is 2.17. The average molecular weight is 256 g/mol. The summed E-state index contributed by atoms with van der Waals surface area (Å²) in [7, 11) is 0. The topological polar surface area (TPSA) is 38.9 Å². The third-order valence-corrected chi connectivity index (χ3v) is 3.70. The van der Waals surface area contributed by atoms with E-state index in [0.29, 0.717) is 5.92 Å². The molecule has 0 aliphatic heterocycles. The van der Waals surface area contributed by atoms with Crippen LogP contribution in [0.15, 0.2) is 18.2 Å². The molecule has 0 spiro atoms. The Bertz CT molecular complexity index is 619. The standard InChI is InChI=1S/C17H24N2/c1-10(2)15-11(3)19-14-8-7-12(17(4,5)6)9-13(14)16(15)18/h7-10H,1-6H3,(H2,18,19). The van der Waals surface area contributed by atoms with Crippen LogP contribution < -0.4 is 5.73 Å². The number of anilines is 1. The third-order valence-electron chi connectivity index (χ3n) is 3.70. The maximum Gasteiger partial charge on any atom is 0.0726 e. The molecule has 0 bridgehead atoms. The fraction of sp³-hybridized carbons (Fsp3) is 0.471. The van der Waals surface area contributed by atoms with Crippen LogP contribution in [0, 0.1) is 6.92 Å². The maximum atomic E-state index is 6.39. The number of fused-ring (bicyclic) bond motifs is 1. The van der Waals surface area contributed by atoms with Crippen molar-refractivity contribution in [3.63, 3.8) is 0 Å². The summed E-state index contributed by atoms with van der Waals surface area (Å²) < 4.78 is 0. The van der Waals surface area contributed by atoms with Crippen molar-refractivity contribution in [2.75, 3.05) is 5.73 Å². The van der Waals surface area contributed by atoms with E-state index < -0.39 is 0 Å². The van der Waals surface area contributed by atoms with Gasteiger partial charge in [-0.25, -0.2) is 0 Å². The number of hydrogen-bond acceptors (Lipinski definition) is 2. The van der Waals surface area contributed by atoms with Crippen LogP contribution in [0.25, 0.3) is 10.9 Å². The zero-order valence-corrected chi connectivity index (χ0v) is 12.8. The summed E-state index contributed by atoms with van der Waals surface area (Å²) in [6.07, 6.45) is 0. The molecule has 2 nitrogen and oxygen atoms in total. The number of benzene rings is 1. The second-order valence-corrected chi connectivity index (χ2v) is 6.66. The number of pyridine rings is 1. The lowest BCUT2D eigenvalue weighted by atomic mass is 9.85. The monoisotopic (exact) mass is 256 g/mol. The Morgan fingerprint density at radius 3 is 2.32 bits per heavy atom. The van der Waals surface area contributed by atoms with E-state index in [4.69, 9.17) is 10.7 Å². The predicted molar refractivity (Wildman–Crippen MR) is 83.7 cm³/mol. The van der Waals surface area contributed by atoms with Gasteiger partial charge in [0.1, 0.15) is 0 Å². The van der Waals surface area contributed by atoms with E-state index in [1.807, 2.05) is 6.92 Å². The normalized spacial score (nSPS) is 12.4. The van der Waals surface area contributed by atoms with Crippen molar-refractivity contribution in [2.24, 2.45) is 0 Å². The first-order valence-electron chi connectivity index (χ1n) is 6.92. The Hall–Kier alpha value is -1.57. The first kappa shape index (κ1) is 13.9. The Kier molecular flexibility index (Phi) is 3.29. The van der Waals surface area contributed by atoms with E-state index in [-0.39, 0.29) is 5.41 Å². The molecule has 0 fully saturated rings. The van der Waals surface area contributed by atoms with Crippen LogP contribution in [0.1, 0.15) is 57.4 Å². The third kappa shape index (κ3) is 2.44. The van der Waals surface area contributed by atoms with Gasteiger partial charge in [0.05, 0.1) is 5.52 Å². The minimum Gasteiger partial charge on any atom is -0.398 e. The van der Waals surface area contributed by atoms with Crippen molar-refractivity contribution < 1.29 is 0 Å². The molecule has 1 aromatic heterocycles. The van der Waals surface area contributed by atoms with Gasteiger partial charge in [0.15, 0.2) is 0 Å². The Morgan fingerprint density at radius 2 is 1.79 bits per heavy atom. The predicted octanol–water partition coefficient (Wildman–Crippen LogP) is 4.55. The molecule has 1 aromatic carbocycles. The smallest absolute Gasteiger partial charge is 0.0726 e. The molecule has 19 heavy (non-hydrogen) atoms. The largest absolute Gasteiger partial charge is 0.398 e. The van der Waals surface area contributed by atoms with Crippen LogP contribution in [0.3, 0.4) is 0 Å². The molecule has 0 atom stereocenters. The van der Waals surface area contributed by atoms with Crippen molar-refractivity contribution >= 4 is 16.6 Å². The van der Waals surface area contributed by atoms with Crippen LogP contribution in [0.2, 0.25) is 0 Å². The van der Waals surface area contributed by atoms with Crippen molar-refractivity contribution in [1.29, 1.82) is 0 Å². The number of rotatable bonds is 1. The molecule has 0 amide bonds. The summed E-state index contributed by atoms with van der Waals surface area (Å²) >= 11 is 0. The molecule has 2 N–H and O–H groups in total. The summed E-state index contributed by atoms with van der Waals surface area (Å²) in [6, 6.07) is 6.44. The minimum absolute atomic E-state index is 0.128. The molecule has 102 valence electrons. The van der Waals surface area contributed by atoms with Gasteiger partial charge in [-0.3, -0.25) is 4.98 Å². The van der Waals surface area contributed by atoms with Crippen LogP contribution in [-0.2, 0) is 5.41 Å². The Balaban J connectivity index is 2.78. The molecule has 0 saturated heterocycles. The van der Waals surface area contributed by atoms with Gasteiger partial charge in [0, 0.05) is 16.8 Å². The number of aromatic nitrogens is 1. The molecule has 2 heteroatoms. The second-order valence-electron chi connectivity index (χ2n) is 6.66. The quantitative estimate of drug-likeness (QED) is 0.813. The Morgan fingerprint density at radius 1 is 1.16 bits per heavy atom. The summed E-state index contributed by atoms with van der Waals surface area (Å²) in [5, 5.41) is 1.08. The second kappa shape index (κ2) is 4.52. The number of nitrogen functional groups attached to an aromatic ring is 1. The van der Waals surface area contributed by atoms with Gasteiger partial charge < -0.3 is 5.73 Å². The van der Waals surface area contributed by atoms with Crippen LogP contribution in [0.4, 0.5) is 5.69 Å². The SMILES string of the molecule is Cc1nc2ccc(C(C)(C)C)cc2c(N)c1C(C)C. The van der Waals surface area contributed by atoms with E-state index in [0.717, 1.165) is 22.3 Å². The first-order chi connectivity index (χ1) is 8.71. The van der Waals surface area contributed by atoms with Gasteiger partial charge in [-0.2, -0.15) is 0 Å². The van der Waals surface area contributed by atoms with Gasteiger partial charge in [0.25, 0.3) is 0 Å². The zero-order valence-electron chi connectivity index (χ0n) is 12.8. The van der Waals surface area contributed by atoms with Crippen molar-refractivity contribution in [3.05, 3.63) is 35.0 Å². The molecular formula is C17H24N2. The van der Waals surface area contributed by atoms with Crippen molar-refractivity contribution in [3.8, 4) is 0 Å². The number of aryl methyl sites for hydroxylation is 1. The van der Waals surface area contributed by atoms with Gasteiger partial charge in [-0.15, -0.1) is 0 Å². The highest BCUT2D eigenvalue weighted by Crippen LogP contribution is 2.33. The lowest BCUT2D eigenvalue weighted by Gasteiger charge is -2.21. The average Bonchev–Trinajstić information content (AvgIpc) is 2.26. The Labute approximate surface area is 116 Å². The van der Waals surface area contributed by atoms with Crippen LogP contribution in [0.5, 0.6) is 0 Å². The lowest BCUT2D eigenvalue weighted by Crippen LogP contribution is -2.11. The molecule has 0 unspecified atom stereocenters. The van der Waals surface area contributed by atoms with Gasteiger partial charge in [-0.1, -0.05) is 40.7 Å².